The molecule has 0 spiro atoms. The van der Waals surface area contributed by atoms with Crippen molar-refractivity contribution in [3.8, 4) is 22.3 Å². The van der Waals surface area contributed by atoms with Crippen LogP contribution in [0.1, 0.15) is 25.0 Å². The van der Waals surface area contributed by atoms with E-state index in [1.165, 1.54) is 33.4 Å². The summed E-state index contributed by atoms with van der Waals surface area (Å²) in [6.45, 7) is 4.66. The van der Waals surface area contributed by atoms with Crippen molar-refractivity contribution in [2.45, 2.75) is 19.3 Å². The molecule has 1 nitrogen and oxygen atoms in total. The molecule has 136 valence electrons. The Labute approximate surface area is 166 Å². The van der Waals surface area contributed by atoms with Crippen LogP contribution in [0, 0.1) is 0 Å². The first-order valence-corrected chi connectivity index (χ1v) is 9.80. The monoisotopic (exact) mass is 361 g/mol. The summed E-state index contributed by atoms with van der Waals surface area (Å²) >= 11 is 0. The Morgan fingerprint density at radius 1 is 0.536 bits per heavy atom. The highest BCUT2D eigenvalue weighted by atomic mass is 14.9. The van der Waals surface area contributed by atoms with Gasteiger partial charge in [-0.3, -0.25) is 0 Å². The maximum Gasteiger partial charge on any atom is 0.0390 e. The summed E-state index contributed by atoms with van der Waals surface area (Å²) in [6.07, 6.45) is 0. The molecule has 4 aromatic rings. The smallest absolute Gasteiger partial charge is 0.0390 e. The predicted molar refractivity (Wildman–Crippen MR) is 119 cm³/mol. The average molecular weight is 361 g/mol. The van der Waals surface area contributed by atoms with Crippen molar-refractivity contribution in [1.82, 2.24) is 0 Å². The fourth-order valence-corrected chi connectivity index (χ4v) is 4.33. The SMILES string of the molecule is CC1(C)c2ccc(Nc3ccccc3)cc2-c2ccc(-c3ccccc3)cc21. The van der Waals surface area contributed by atoms with Gasteiger partial charge in [-0.05, 0) is 63.7 Å². The molecular formula is C27H23N. The lowest BCUT2D eigenvalue weighted by Crippen LogP contribution is -2.15. The van der Waals surface area contributed by atoms with E-state index >= 15 is 0 Å². The van der Waals surface area contributed by atoms with Crippen LogP contribution in [-0.2, 0) is 5.41 Å². The number of fused-ring (bicyclic) bond motifs is 3. The van der Waals surface area contributed by atoms with E-state index in [0.717, 1.165) is 11.4 Å². The second kappa shape index (κ2) is 6.38. The molecule has 0 atom stereocenters. The van der Waals surface area contributed by atoms with Gasteiger partial charge in [-0.1, -0.05) is 80.6 Å². The van der Waals surface area contributed by atoms with Crippen LogP contribution in [0.15, 0.2) is 97.1 Å². The summed E-state index contributed by atoms with van der Waals surface area (Å²) in [5, 5.41) is 3.53. The fourth-order valence-electron chi connectivity index (χ4n) is 4.33. The van der Waals surface area contributed by atoms with E-state index < -0.39 is 0 Å². The van der Waals surface area contributed by atoms with Crippen LogP contribution < -0.4 is 5.32 Å². The molecule has 0 bridgehead atoms. The number of anilines is 2. The Kier molecular flexibility index (Phi) is 3.84. The Morgan fingerprint density at radius 2 is 1.25 bits per heavy atom. The van der Waals surface area contributed by atoms with Crippen molar-refractivity contribution in [2.75, 3.05) is 5.32 Å². The van der Waals surface area contributed by atoms with Gasteiger partial charge in [-0.2, -0.15) is 0 Å². The van der Waals surface area contributed by atoms with Crippen LogP contribution in [0.3, 0.4) is 0 Å². The van der Waals surface area contributed by atoms with Gasteiger partial charge < -0.3 is 5.32 Å². The Morgan fingerprint density at radius 3 is 2.00 bits per heavy atom. The molecule has 1 N–H and O–H groups in total. The summed E-state index contributed by atoms with van der Waals surface area (Å²) in [4.78, 5) is 0. The molecule has 0 aromatic heterocycles. The molecule has 0 saturated carbocycles. The van der Waals surface area contributed by atoms with Crippen molar-refractivity contribution >= 4 is 11.4 Å². The highest BCUT2D eigenvalue weighted by Gasteiger charge is 2.35. The van der Waals surface area contributed by atoms with Gasteiger partial charge in [0.2, 0.25) is 0 Å². The largest absolute Gasteiger partial charge is 0.356 e. The van der Waals surface area contributed by atoms with E-state index in [1.54, 1.807) is 0 Å². The van der Waals surface area contributed by atoms with Crippen LogP contribution in [0.5, 0.6) is 0 Å². The summed E-state index contributed by atoms with van der Waals surface area (Å²) in [6, 6.07) is 34.6. The normalized spacial score (nSPS) is 13.6. The van der Waals surface area contributed by atoms with E-state index in [4.69, 9.17) is 0 Å². The van der Waals surface area contributed by atoms with Crippen molar-refractivity contribution < 1.29 is 0 Å². The second-order valence-electron chi connectivity index (χ2n) is 8.00. The number of hydrogen-bond donors (Lipinski definition) is 1. The quantitative estimate of drug-likeness (QED) is 0.401. The molecule has 28 heavy (non-hydrogen) atoms. The molecular weight excluding hydrogens is 338 g/mol. The van der Waals surface area contributed by atoms with Crippen LogP contribution in [0.4, 0.5) is 11.4 Å². The van der Waals surface area contributed by atoms with Gasteiger partial charge in [0.25, 0.3) is 0 Å². The number of nitrogens with one attached hydrogen (secondary N) is 1. The van der Waals surface area contributed by atoms with Crippen LogP contribution in [0.2, 0.25) is 0 Å². The summed E-state index contributed by atoms with van der Waals surface area (Å²) in [5.41, 5.74) is 10.3. The minimum absolute atomic E-state index is 0.000728. The van der Waals surface area contributed by atoms with E-state index in [0.29, 0.717) is 0 Å². The molecule has 0 unspecified atom stereocenters. The van der Waals surface area contributed by atoms with E-state index in [-0.39, 0.29) is 5.41 Å². The van der Waals surface area contributed by atoms with Gasteiger partial charge in [-0.25, -0.2) is 0 Å². The van der Waals surface area contributed by atoms with Crippen molar-refractivity contribution in [3.05, 3.63) is 108 Å². The van der Waals surface area contributed by atoms with Gasteiger partial charge in [0.1, 0.15) is 0 Å². The minimum Gasteiger partial charge on any atom is -0.356 e. The lowest BCUT2D eigenvalue weighted by molar-refractivity contribution is 0.660. The number of benzene rings is 4. The minimum atomic E-state index is 0.000728. The standard InChI is InChI=1S/C27H23N/c1-27(2)25-16-14-22(28-21-11-7-4-8-12-21)18-24(25)23-15-13-20(17-26(23)27)19-9-5-3-6-10-19/h3-18,28H,1-2H3. The van der Waals surface area contributed by atoms with E-state index in [1.807, 2.05) is 6.07 Å². The molecule has 0 fully saturated rings. The van der Waals surface area contributed by atoms with Gasteiger partial charge in [-0.15, -0.1) is 0 Å². The lowest BCUT2D eigenvalue weighted by atomic mass is 9.81. The molecule has 0 aliphatic heterocycles. The Balaban J connectivity index is 1.59. The average Bonchev–Trinajstić information content (AvgIpc) is 2.96. The number of hydrogen-bond acceptors (Lipinski definition) is 1. The number of para-hydroxylation sites is 1. The first kappa shape index (κ1) is 16.8. The van der Waals surface area contributed by atoms with Crippen LogP contribution in [0.25, 0.3) is 22.3 Å². The molecule has 1 aliphatic rings. The zero-order valence-corrected chi connectivity index (χ0v) is 16.2. The van der Waals surface area contributed by atoms with Crippen LogP contribution >= 0.6 is 0 Å². The van der Waals surface area contributed by atoms with Gasteiger partial charge in [0, 0.05) is 16.8 Å². The Hall–Kier alpha value is -3.32. The third kappa shape index (κ3) is 2.71. The molecule has 1 heteroatoms. The van der Waals surface area contributed by atoms with Crippen molar-refractivity contribution in [2.24, 2.45) is 0 Å². The molecule has 0 heterocycles. The topological polar surface area (TPSA) is 12.0 Å². The predicted octanol–water partition coefficient (Wildman–Crippen LogP) is 7.40. The molecule has 0 radical (unpaired) electrons. The van der Waals surface area contributed by atoms with Crippen molar-refractivity contribution in [3.63, 3.8) is 0 Å². The van der Waals surface area contributed by atoms with E-state index in [2.05, 4.69) is 110 Å². The molecule has 5 rings (SSSR count). The maximum atomic E-state index is 3.53. The summed E-state index contributed by atoms with van der Waals surface area (Å²) in [5.74, 6) is 0. The number of rotatable bonds is 3. The highest BCUT2D eigenvalue weighted by molar-refractivity contribution is 5.85. The highest BCUT2D eigenvalue weighted by Crippen LogP contribution is 2.50. The van der Waals surface area contributed by atoms with E-state index in [9.17, 15) is 0 Å². The third-order valence-electron chi connectivity index (χ3n) is 5.85. The van der Waals surface area contributed by atoms with Crippen LogP contribution in [-0.4, -0.2) is 0 Å². The lowest BCUT2D eigenvalue weighted by Gasteiger charge is -2.22. The molecule has 4 aromatic carbocycles. The molecule has 0 saturated heterocycles. The molecule has 1 aliphatic carbocycles. The first-order valence-electron chi connectivity index (χ1n) is 9.80. The zero-order chi connectivity index (χ0) is 19.1. The summed E-state index contributed by atoms with van der Waals surface area (Å²) in [7, 11) is 0. The maximum absolute atomic E-state index is 3.53. The van der Waals surface area contributed by atoms with Gasteiger partial charge in [0.15, 0.2) is 0 Å². The molecule has 0 amide bonds. The fraction of sp³-hybridized carbons (Fsp3) is 0.111. The zero-order valence-electron chi connectivity index (χ0n) is 16.2. The summed E-state index contributed by atoms with van der Waals surface area (Å²) < 4.78 is 0. The third-order valence-corrected chi connectivity index (χ3v) is 5.85. The Bertz CT molecular complexity index is 1140. The van der Waals surface area contributed by atoms with Gasteiger partial charge >= 0.3 is 0 Å². The first-order chi connectivity index (χ1) is 13.6. The van der Waals surface area contributed by atoms with Crippen molar-refractivity contribution in [1.29, 1.82) is 0 Å². The second-order valence-corrected chi connectivity index (χ2v) is 8.00. The van der Waals surface area contributed by atoms with Gasteiger partial charge in [0.05, 0.1) is 0 Å².